The Morgan fingerprint density at radius 2 is 1.88 bits per heavy atom. The van der Waals surface area contributed by atoms with Crippen LogP contribution in [0.1, 0.15) is 5.56 Å². The largest absolute Gasteiger partial charge is 0.497 e. The molecule has 1 aliphatic rings. The third-order valence-electron chi connectivity index (χ3n) is 4.81. The number of ether oxygens (including phenoxy) is 1. The fourth-order valence-electron chi connectivity index (χ4n) is 3.19. The fraction of sp³-hybridized carbons (Fsp3) is 0.0870. The summed E-state index contributed by atoms with van der Waals surface area (Å²) >= 11 is 0. The van der Waals surface area contributed by atoms with Gasteiger partial charge in [0.1, 0.15) is 23.8 Å². The first-order valence-corrected chi connectivity index (χ1v) is 9.66. The van der Waals surface area contributed by atoms with Crippen LogP contribution in [0.2, 0.25) is 0 Å². The van der Waals surface area contributed by atoms with E-state index in [1.54, 1.807) is 25.4 Å². The second-order valence-corrected chi connectivity index (χ2v) is 6.96. The van der Waals surface area contributed by atoms with Crippen LogP contribution in [0.25, 0.3) is 11.8 Å². The number of para-hydroxylation sites is 1. The standard InChI is InChI=1S/C23H19FN4O4/c1-32-17-8-6-16(7-9-17)27-11-10-15(13-27)12-20-22(30)28(23(31)26-20)14-21(29)25-19-5-3-2-4-18(19)24/h2-13H,14H2,1H3,(H,25,29)(H,26,31)/b20-12+. The Morgan fingerprint density at radius 3 is 2.59 bits per heavy atom. The summed E-state index contributed by atoms with van der Waals surface area (Å²) < 4.78 is 20.7. The topological polar surface area (TPSA) is 92.7 Å². The Balaban J connectivity index is 1.45. The average Bonchev–Trinajstić information content (AvgIpc) is 3.36. The molecule has 4 amide bonds. The van der Waals surface area contributed by atoms with E-state index in [2.05, 4.69) is 10.6 Å². The van der Waals surface area contributed by atoms with Gasteiger partial charge in [-0.2, -0.15) is 0 Å². The highest BCUT2D eigenvalue weighted by atomic mass is 19.1. The van der Waals surface area contributed by atoms with E-state index in [0.717, 1.165) is 16.3 Å². The number of hydrogen-bond acceptors (Lipinski definition) is 4. The maximum Gasteiger partial charge on any atom is 0.329 e. The molecule has 4 rings (SSSR count). The zero-order chi connectivity index (χ0) is 22.7. The second kappa shape index (κ2) is 8.76. The third kappa shape index (κ3) is 4.36. The molecule has 0 spiro atoms. The van der Waals surface area contributed by atoms with Gasteiger partial charge in [0.25, 0.3) is 5.91 Å². The summed E-state index contributed by atoms with van der Waals surface area (Å²) in [4.78, 5) is 37.8. The van der Waals surface area contributed by atoms with Gasteiger partial charge in [0.2, 0.25) is 5.91 Å². The fourth-order valence-corrected chi connectivity index (χ4v) is 3.19. The van der Waals surface area contributed by atoms with E-state index in [1.807, 2.05) is 35.0 Å². The van der Waals surface area contributed by atoms with Gasteiger partial charge < -0.3 is 19.9 Å². The van der Waals surface area contributed by atoms with Gasteiger partial charge in [0.05, 0.1) is 12.8 Å². The number of anilines is 1. The minimum absolute atomic E-state index is 0.0276. The minimum atomic E-state index is -0.723. The van der Waals surface area contributed by atoms with Gasteiger partial charge >= 0.3 is 6.03 Å². The number of urea groups is 1. The first kappa shape index (κ1) is 20.9. The first-order chi connectivity index (χ1) is 15.4. The molecule has 8 nitrogen and oxygen atoms in total. The Kier molecular flexibility index (Phi) is 5.71. The van der Waals surface area contributed by atoms with Crippen LogP contribution >= 0.6 is 0 Å². The van der Waals surface area contributed by atoms with Crippen molar-refractivity contribution in [2.45, 2.75) is 0 Å². The number of rotatable bonds is 6. The first-order valence-electron chi connectivity index (χ1n) is 9.66. The molecule has 32 heavy (non-hydrogen) atoms. The van der Waals surface area contributed by atoms with Crippen molar-refractivity contribution >= 4 is 29.6 Å². The van der Waals surface area contributed by atoms with Gasteiger partial charge in [0.15, 0.2) is 0 Å². The molecule has 0 radical (unpaired) electrons. The Labute approximate surface area is 182 Å². The summed E-state index contributed by atoms with van der Waals surface area (Å²) in [6, 6.07) is 14.1. The summed E-state index contributed by atoms with van der Waals surface area (Å²) in [5, 5.41) is 4.82. The number of benzene rings is 2. The van der Waals surface area contributed by atoms with E-state index in [4.69, 9.17) is 4.74 Å². The second-order valence-electron chi connectivity index (χ2n) is 6.96. The summed E-state index contributed by atoms with van der Waals surface area (Å²) in [6.07, 6.45) is 5.13. The van der Waals surface area contributed by atoms with E-state index in [9.17, 15) is 18.8 Å². The summed E-state index contributed by atoms with van der Waals surface area (Å²) in [5.74, 6) is -1.21. The monoisotopic (exact) mass is 434 g/mol. The third-order valence-corrected chi connectivity index (χ3v) is 4.81. The SMILES string of the molecule is COc1ccc(-n2ccc(/C=C3/NC(=O)N(CC(=O)Nc4ccccc4F)C3=O)c2)cc1. The number of amides is 4. The van der Waals surface area contributed by atoms with Crippen LogP contribution in [0.3, 0.4) is 0 Å². The van der Waals surface area contributed by atoms with Crippen molar-refractivity contribution < 1.29 is 23.5 Å². The molecular formula is C23H19FN4O4. The lowest BCUT2D eigenvalue weighted by atomic mass is 10.2. The van der Waals surface area contributed by atoms with Crippen molar-refractivity contribution in [2.24, 2.45) is 0 Å². The molecule has 0 unspecified atom stereocenters. The van der Waals surface area contributed by atoms with Crippen molar-refractivity contribution in [1.29, 1.82) is 0 Å². The van der Waals surface area contributed by atoms with Crippen molar-refractivity contribution in [3.05, 3.63) is 84.1 Å². The zero-order valence-electron chi connectivity index (χ0n) is 17.0. The molecule has 1 aromatic heterocycles. The van der Waals surface area contributed by atoms with Crippen molar-refractivity contribution in [3.63, 3.8) is 0 Å². The highest BCUT2D eigenvalue weighted by molar-refractivity contribution is 6.15. The van der Waals surface area contributed by atoms with Crippen LogP contribution in [-0.2, 0) is 9.59 Å². The lowest BCUT2D eigenvalue weighted by Crippen LogP contribution is -2.38. The molecule has 162 valence electrons. The van der Waals surface area contributed by atoms with Gasteiger partial charge in [-0.3, -0.25) is 9.59 Å². The molecule has 1 fully saturated rings. The lowest BCUT2D eigenvalue weighted by molar-refractivity contribution is -0.127. The van der Waals surface area contributed by atoms with E-state index >= 15 is 0 Å². The van der Waals surface area contributed by atoms with Crippen molar-refractivity contribution in [2.75, 3.05) is 19.0 Å². The molecule has 3 aromatic rings. The number of nitrogens with one attached hydrogen (secondary N) is 2. The highest BCUT2D eigenvalue weighted by Crippen LogP contribution is 2.19. The number of aromatic nitrogens is 1. The van der Waals surface area contributed by atoms with Gasteiger partial charge in [-0.1, -0.05) is 12.1 Å². The van der Waals surface area contributed by atoms with Crippen LogP contribution in [0.15, 0.2) is 72.7 Å². The maximum absolute atomic E-state index is 13.7. The zero-order valence-corrected chi connectivity index (χ0v) is 17.0. The number of carbonyl (C=O) groups excluding carboxylic acids is 3. The normalized spacial score (nSPS) is 14.6. The lowest BCUT2D eigenvalue weighted by Gasteiger charge is -2.12. The number of hydrogen-bond donors (Lipinski definition) is 2. The molecular weight excluding hydrogens is 415 g/mol. The van der Waals surface area contributed by atoms with E-state index in [-0.39, 0.29) is 11.4 Å². The number of imide groups is 1. The quantitative estimate of drug-likeness (QED) is 0.461. The van der Waals surface area contributed by atoms with Gasteiger partial charge in [0, 0.05) is 18.1 Å². The predicted molar refractivity (Wildman–Crippen MR) is 116 cm³/mol. The molecule has 0 atom stereocenters. The molecule has 0 bridgehead atoms. The molecule has 2 aromatic carbocycles. The van der Waals surface area contributed by atoms with E-state index in [1.165, 1.54) is 24.3 Å². The summed E-state index contributed by atoms with van der Waals surface area (Å²) in [6.45, 7) is -0.538. The van der Waals surface area contributed by atoms with E-state index < -0.39 is 30.2 Å². The molecule has 2 N–H and O–H groups in total. The molecule has 2 heterocycles. The molecule has 0 saturated carbocycles. The Bertz CT molecular complexity index is 1220. The highest BCUT2D eigenvalue weighted by Gasteiger charge is 2.35. The molecule has 1 aliphatic heterocycles. The van der Waals surface area contributed by atoms with Crippen LogP contribution in [0, 0.1) is 5.82 Å². The summed E-state index contributed by atoms with van der Waals surface area (Å²) in [7, 11) is 1.59. The van der Waals surface area contributed by atoms with Gasteiger partial charge in [-0.25, -0.2) is 14.1 Å². The summed E-state index contributed by atoms with van der Waals surface area (Å²) in [5.41, 5.74) is 1.59. The predicted octanol–water partition coefficient (Wildman–Crippen LogP) is 3.16. The smallest absolute Gasteiger partial charge is 0.329 e. The van der Waals surface area contributed by atoms with E-state index in [0.29, 0.717) is 5.56 Å². The van der Waals surface area contributed by atoms with Crippen LogP contribution in [0.5, 0.6) is 5.75 Å². The van der Waals surface area contributed by atoms with Crippen molar-refractivity contribution in [1.82, 2.24) is 14.8 Å². The molecule has 1 saturated heterocycles. The average molecular weight is 434 g/mol. The Morgan fingerprint density at radius 1 is 1.12 bits per heavy atom. The van der Waals surface area contributed by atoms with Crippen LogP contribution in [0.4, 0.5) is 14.9 Å². The Hall–Kier alpha value is -4.40. The minimum Gasteiger partial charge on any atom is -0.497 e. The van der Waals surface area contributed by atoms with Crippen LogP contribution in [-0.4, -0.2) is 41.0 Å². The number of nitrogens with zero attached hydrogens (tertiary/aromatic N) is 2. The molecule has 9 heteroatoms. The van der Waals surface area contributed by atoms with Gasteiger partial charge in [-0.15, -0.1) is 0 Å². The van der Waals surface area contributed by atoms with Gasteiger partial charge in [-0.05, 0) is 54.1 Å². The number of methoxy groups -OCH3 is 1. The number of halogens is 1. The van der Waals surface area contributed by atoms with Crippen LogP contribution < -0.4 is 15.4 Å². The van der Waals surface area contributed by atoms with Crippen molar-refractivity contribution in [3.8, 4) is 11.4 Å². The maximum atomic E-state index is 13.7. The molecule has 0 aliphatic carbocycles. The number of carbonyl (C=O) groups is 3.